The molecule has 82 valence electrons. The number of carbonyl (C=O) groups is 1. The molecule has 0 fully saturated rings. The van der Waals surface area contributed by atoms with Crippen molar-refractivity contribution < 1.29 is 9.90 Å². The molecule has 2 heterocycles. The standard InChI is InChI=1S/C10H7ClN2O2S/c1-5-3-16-4-6(5)9-12-2-7(11)8(13-9)10(14)15/h2-4H,1H3,(H,14,15). The first-order chi connectivity index (χ1) is 7.59. The summed E-state index contributed by atoms with van der Waals surface area (Å²) in [4.78, 5) is 18.8. The highest BCUT2D eigenvalue weighted by atomic mass is 35.5. The summed E-state index contributed by atoms with van der Waals surface area (Å²) >= 11 is 7.21. The second kappa shape index (κ2) is 4.19. The lowest BCUT2D eigenvalue weighted by Gasteiger charge is -2.01. The van der Waals surface area contributed by atoms with Crippen molar-refractivity contribution in [2.75, 3.05) is 0 Å². The fraction of sp³-hybridized carbons (Fsp3) is 0.100. The second-order valence-electron chi connectivity index (χ2n) is 3.16. The molecule has 0 aliphatic heterocycles. The molecule has 2 rings (SSSR count). The van der Waals surface area contributed by atoms with E-state index in [9.17, 15) is 4.79 Å². The van der Waals surface area contributed by atoms with Gasteiger partial charge in [0.2, 0.25) is 0 Å². The predicted molar refractivity (Wildman–Crippen MR) is 62.1 cm³/mol. The number of hydrogen-bond donors (Lipinski definition) is 1. The fourth-order valence-electron chi connectivity index (χ4n) is 1.24. The molecule has 2 aromatic heterocycles. The van der Waals surface area contributed by atoms with Crippen LogP contribution >= 0.6 is 22.9 Å². The molecule has 0 spiro atoms. The molecule has 4 nitrogen and oxygen atoms in total. The highest BCUT2D eigenvalue weighted by Crippen LogP contribution is 2.25. The van der Waals surface area contributed by atoms with Crippen LogP contribution in [0.2, 0.25) is 5.02 Å². The van der Waals surface area contributed by atoms with Crippen LogP contribution in [0.25, 0.3) is 11.4 Å². The number of hydrogen-bond acceptors (Lipinski definition) is 4. The molecule has 0 saturated heterocycles. The molecular weight excluding hydrogens is 248 g/mol. The highest BCUT2D eigenvalue weighted by molar-refractivity contribution is 7.08. The van der Waals surface area contributed by atoms with Gasteiger partial charge in [-0.1, -0.05) is 11.6 Å². The van der Waals surface area contributed by atoms with Gasteiger partial charge in [-0.25, -0.2) is 14.8 Å². The van der Waals surface area contributed by atoms with Crippen LogP contribution in [-0.2, 0) is 0 Å². The molecule has 0 atom stereocenters. The van der Waals surface area contributed by atoms with E-state index in [-0.39, 0.29) is 10.7 Å². The minimum atomic E-state index is -1.15. The van der Waals surface area contributed by atoms with Crippen LogP contribution in [0.4, 0.5) is 0 Å². The van der Waals surface area contributed by atoms with E-state index >= 15 is 0 Å². The van der Waals surface area contributed by atoms with Crippen LogP contribution < -0.4 is 0 Å². The molecule has 1 N–H and O–H groups in total. The Hall–Kier alpha value is -1.46. The molecule has 6 heteroatoms. The Kier molecular flexibility index (Phi) is 2.89. The third kappa shape index (κ3) is 1.91. The zero-order valence-electron chi connectivity index (χ0n) is 8.27. The summed E-state index contributed by atoms with van der Waals surface area (Å²) < 4.78 is 0. The van der Waals surface area contributed by atoms with Crippen molar-refractivity contribution in [2.24, 2.45) is 0 Å². The van der Waals surface area contributed by atoms with E-state index in [2.05, 4.69) is 9.97 Å². The topological polar surface area (TPSA) is 63.1 Å². The van der Waals surface area contributed by atoms with Crippen LogP contribution in [0.15, 0.2) is 17.0 Å². The van der Waals surface area contributed by atoms with Crippen molar-refractivity contribution in [3.8, 4) is 11.4 Å². The van der Waals surface area contributed by atoms with E-state index in [0.717, 1.165) is 11.1 Å². The van der Waals surface area contributed by atoms with Gasteiger partial charge >= 0.3 is 5.97 Å². The number of halogens is 1. The molecule has 0 aliphatic rings. The van der Waals surface area contributed by atoms with Crippen LogP contribution in [0.1, 0.15) is 16.1 Å². The lowest BCUT2D eigenvalue weighted by atomic mass is 10.2. The Morgan fingerprint density at radius 1 is 1.50 bits per heavy atom. The van der Waals surface area contributed by atoms with Crippen molar-refractivity contribution in [3.05, 3.63) is 33.2 Å². The van der Waals surface area contributed by atoms with Gasteiger partial charge in [-0.15, -0.1) is 0 Å². The minimum Gasteiger partial charge on any atom is -0.476 e. The summed E-state index contributed by atoms with van der Waals surface area (Å²) in [6.45, 7) is 1.92. The van der Waals surface area contributed by atoms with Crippen LogP contribution in [0.3, 0.4) is 0 Å². The minimum absolute atomic E-state index is 0.0455. The molecule has 0 aromatic carbocycles. The molecule has 16 heavy (non-hydrogen) atoms. The third-order valence-corrected chi connectivity index (χ3v) is 3.18. The van der Waals surface area contributed by atoms with E-state index in [1.54, 1.807) is 0 Å². The molecule has 0 bridgehead atoms. The number of carboxylic acid groups (broad SMARTS) is 1. The van der Waals surface area contributed by atoms with Gasteiger partial charge in [0.15, 0.2) is 11.5 Å². The predicted octanol–water partition coefficient (Wildman–Crippen LogP) is 2.87. The monoisotopic (exact) mass is 254 g/mol. The van der Waals surface area contributed by atoms with Crippen molar-refractivity contribution >= 4 is 28.9 Å². The number of rotatable bonds is 2. The molecule has 0 unspecified atom stereocenters. The summed E-state index contributed by atoms with van der Waals surface area (Å²) in [6, 6.07) is 0. The van der Waals surface area contributed by atoms with Gasteiger partial charge < -0.3 is 5.11 Å². The zero-order valence-corrected chi connectivity index (χ0v) is 9.84. The fourth-order valence-corrected chi connectivity index (χ4v) is 2.23. The van der Waals surface area contributed by atoms with Gasteiger partial charge in [-0.05, 0) is 17.9 Å². The first-order valence-corrected chi connectivity index (χ1v) is 5.70. The molecule has 0 saturated carbocycles. The van der Waals surface area contributed by atoms with Crippen molar-refractivity contribution in [3.63, 3.8) is 0 Å². The average Bonchev–Trinajstić information content (AvgIpc) is 2.65. The van der Waals surface area contributed by atoms with E-state index in [1.165, 1.54) is 17.5 Å². The summed E-state index contributed by atoms with van der Waals surface area (Å²) in [5.74, 6) is -0.762. The van der Waals surface area contributed by atoms with E-state index < -0.39 is 5.97 Å². The Bertz CT molecular complexity index is 554. The number of carboxylic acids is 1. The number of aromatic nitrogens is 2. The van der Waals surface area contributed by atoms with Gasteiger partial charge in [-0.3, -0.25) is 0 Å². The molecule has 0 amide bonds. The Labute approximate surface area is 101 Å². The van der Waals surface area contributed by atoms with Crippen LogP contribution in [0, 0.1) is 6.92 Å². The van der Waals surface area contributed by atoms with Crippen molar-refractivity contribution in [2.45, 2.75) is 6.92 Å². The maximum Gasteiger partial charge on any atom is 0.356 e. The van der Waals surface area contributed by atoms with Crippen LogP contribution in [0.5, 0.6) is 0 Å². The van der Waals surface area contributed by atoms with Crippen molar-refractivity contribution in [1.82, 2.24) is 9.97 Å². The van der Waals surface area contributed by atoms with Gasteiger partial charge in [0.25, 0.3) is 0 Å². The maximum absolute atomic E-state index is 10.9. The van der Waals surface area contributed by atoms with Gasteiger partial charge in [0, 0.05) is 10.9 Å². The quantitative estimate of drug-likeness (QED) is 0.895. The Balaban J connectivity index is 2.56. The van der Waals surface area contributed by atoms with Crippen molar-refractivity contribution in [1.29, 1.82) is 0 Å². The zero-order chi connectivity index (χ0) is 11.7. The van der Waals surface area contributed by atoms with Crippen LogP contribution in [-0.4, -0.2) is 21.0 Å². The third-order valence-electron chi connectivity index (χ3n) is 2.04. The first-order valence-electron chi connectivity index (χ1n) is 4.38. The summed E-state index contributed by atoms with van der Waals surface area (Å²) in [5, 5.41) is 12.8. The summed E-state index contributed by atoms with van der Waals surface area (Å²) in [7, 11) is 0. The summed E-state index contributed by atoms with van der Waals surface area (Å²) in [6.07, 6.45) is 1.31. The van der Waals surface area contributed by atoms with E-state index in [0.29, 0.717) is 5.82 Å². The number of aromatic carboxylic acids is 1. The SMILES string of the molecule is Cc1cscc1-c1ncc(Cl)c(C(=O)O)n1. The van der Waals surface area contributed by atoms with E-state index in [1.807, 2.05) is 17.7 Å². The maximum atomic E-state index is 10.9. The lowest BCUT2D eigenvalue weighted by Crippen LogP contribution is -2.04. The second-order valence-corrected chi connectivity index (χ2v) is 4.31. The molecular formula is C10H7ClN2O2S. The first kappa shape index (κ1) is 11.0. The lowest BCUT2D eigenvalue weighted by molar-refractivity contribution is 0.0690. The average molecular weight is 255 g/mol. The molecule has 2 aromatic rings. The smallest absolute Gasteiger partial charge is 0.356 e. The van der Waals surface area contributed by atoms with Gasteiger partial charge in [-0.2, -0.15) is 11.3 Å². The largest absolute Gasteiger partial charge is 0.476 e. The number of nitrogens with zero attached hydrogens (tertiary/aromatic N) is 2. The summed E-state index contributed by atoms with van der Waals surface area (Å²) in [5.41, 5.74) is 1.69. The molecule has 0 radical (unpaired) electrons. The van der Waals surface area contributed by atoms with Gasteiger partial charge in [0.05, 0.1) is 11.2 Å². The number of thiophene rings is 1. The normalized spacial score (nSPS) is 10.4. The molecule has 0 aliphatic carbocycles. The Morgan fingerprint density at radius 2 is 2.25 bits per heavy atom. The van der Waals surface area contributed by atoms with E-state index in [4.69, 9.17) is 16.7 Å². The number of aryl methyl sites for hydroxylation is 1. The Morgan fingerprint density at radius 3 is 2.81 bits per heavy atom. The van der Waals surface area contributed by atoms with Gasteiger partial charge in [0.1, 0.15) is 0 Å². The highest BCUT2D eigenvalue weighted by Gasteiger charge is 2.14.